The van der Waals surface area contributed by atoms with Gasteiger partial charge in [-0.1, -0.05) is 12.1 Å². The lowest BCUT2D eigenvalue weighted by molar-refractivity contribution is -0.274. The van der Waals surface area contributed by atoms with E-state index in [4.69, 9.17) is 0 Å². The summed E-state index contributed by atoms with van der Waals surface area (Å²) in [4.78, 5) is 4.29. The number of ether oxygens (including phenoxy) is 1. The molecular formula is C17H12F3N3O. The Morgan fingerprint density at radius 2 is 1.96 bits per heavy atom. The molecule has 2 aromatic rings. The lowest BCUT2D eigenvalue weighted by Gasteiger charge is -2.20. The fourth-order valence-electron chi connectivity index (χ4n) is 2.60. The van der Waals surface area contributed by atoms with Crippen molar-refractivity contribution in [2.45, 2.75) is 13.3 Å². The second-order valence-corrected chi connectivity index (χ2v) is 5.22. The summed E-state index contributed by atoms with van der Waals surface area (Å²) in [6.07, 6.45) is -3.05. The van der Waals surface area contributed by atoms with Crippen molar-refractivity contribution in [3.8, 4) is 22.9 Å². The number of alkyl halides is 3. The van der Waals surface area contributed by atoms with Gasteiger partial charge < -0.3 is 10.1 Å². The van der Waals surface area contributed by atoms with Crippen LogP contribution >= 0.6 is 0 Å². The fraction of sp³-hybridized carbons (Fsp3) is 0.176. The van der Waals surface area contributed by atoms with E-state index in [-0.39, 0.29) is 5.75 Å². The first kappa shape index (κ1) is 15.9. The number of anilines is 1. The molecule has 0 unspecified atom stereocenters. The van der Waals surface area contributed by atoms with E-state index in [9.17, 15) is 18.4 Å². The molecule has 1 aliphatic heterocycles. The lowest BCUT2D eigenvalue weighted by atomic mass is 9.95. The van der Waals surface area contributed by atoms with Gasteiger partial charge in [-0.25, -0.2) is 0 Å². The van der Waals surface area contributed by atoms with Crippen LogP contribution in [-0.2, 0) is 0 Å². The Morgan fingerprint density at radius 3 is 2.58 bits per heavy atom. The second kappa shape index (κ2) is 5.89. The zero-order valence-corrected chi connectivity index (χ0v) is 12.6. The van der Waals surface area contributed by atoms with Crippen LogP contribution in [0.3, 0.4) is 0 Å². The van der Waals surface area contributed by atoms with Gasteiger partial charge in [0.2, 0.25) is 0 Å². The summed E-state index contributed by atoms with van der Waals surface area (Å²) in [5.41, 5.74) is 3.96. The van der Waals surface area contributed by atoms with Crippen LogP contribution in [0, 0.1) is 18.3 Å². The fourth-order valence-corrected chi connectivity index (χ4v) is 2.60. The van der Waals surface area contributed by atoms with Crippen molar-refractivity contribution in [3.63, 3.8) is 0 Å². The molecule has 3 rings (SSSR count). The van der Waals surface area contributed by atoms with Crippen molar-refractivity contribution >= 4 is 17.6 Å². The highest BCUT2D eigenvalue weighted by molar-refractivity contribution is 5.94. The van der Waals surface area contributed by atoms with Gasteiger partial charge in [0.15, 0.2) is 0 Å². The number of hydrogen-bond donors (Lipinski definition) is 1. The Balaban J connectivity index is 2.06. The van der Waals surface area contributed by atoms with Crippen molar-refractivity contribution in [1.29, 1.82) is 5.26 Å². The quantitative estimate of drug-likeness (QED) is 0.877. The number of fused-ring (bicyclic) bond motifs is 1. The number of halogens is 3. The van der Waals surface area contributed by atoms with Gasteiger partial charge >= 0.3 is 6.36 Å². The van der Waals surface area contributed by atoms with Gasteiger partial charge in [-0.2, -0.15) is 5.26 Å². The molecule has 0 saturated carbocycles. The van der Waals surface area contributed by atoms with E-state index in [1.807, 2.05) is 6.07 Å². The van der Waals surface area contributed by atoms with Gasteiger partial charge in [-0.05, 0) is 36.2 Å². The van der Waals surface area contributed by atoms with Crippen LogP contribution in [0.15, 0.2) is 35.3 Å². The highest BCUT2D eigenvalue weighted by Gasteiger charge is 2.31. The summed E-state index contributed by atoms with van der Waals surface area (Å²) in [5, 5.41) is 12.5. The summed E-state index contributed by atoms with van der Waals surface area (Å²) in [6.45, 7) is 2.32. The molecule has 7 heteroatoms. The standard InChI is InChI=1S/C17H12F3N3O/c1-10-8-13(15-16(14(10)9-21)23-7-6-22-15)11-2-4-12(5-3-11)24-17(18,19)20/h2-5,7-8,22H,6H2,1H3. The van der Waals surface area contributed by atoms with Crippen molar-refractivity contribution < 1.29 is 17.9 Å². The van der Waals surface area contributed by atoms with Crippen molar-refractivity contribution in [3.05, 3.63) is 41.5 Å². The number of aryl methyl sites for hydroxylation is 1. The van der Waals surface area contributed by atoms with E-state index in [0.29, 0.717) is 29.0 Å². The molecule has 4 nitrogen and oxygen atoms in total. The molecule has 0 aromatic heterocycles. The summed E-state index contributed by atoms with van der Waals surface area (Å²) in [5.74, 6) is -0.281. The Labute approximate surface area is 136 Å². The van der Waals surface area contributed by atoms with E-state index < -0.39 is 6.36 Å². The molecule has 1 heterocycles. The highest BCUT2D eigenvalue weighted by Crippen LogP contribution is 2.41. The van der Waals surface area contributed by atoms with Crippen LogP contribution in [0.5, 0.6) is 5.75 Å². The molecule has 0 atom stereocenters. The number of nitrogens with zero attached hydrogens (tertiary/aromatic N) is 2. The van der Waals surface area contributed by atoms with Crippen molar-refractivity contribution in [1.82, 2.24) is 0 Å². The third-order valence-electron chi connectivity index (χ3n) is 3.60. The Kier molecular flexibility index (Phi) is 3.89. The number of aliphatic imine (C=N–C) groups is 1. The summed E-state index contributed by atoms with van der Waals surface area (Å²) in [7, 11) is 0. The molecular weight excluding hydrogens is 319 g/mol. The number of benzene rings is 2. The minimum atomic E-state index is -4.72. The molecule has 0 fully saturated rings. The first-order chi connectivity index (χ1) is 11.4. The first-order valence-electron chi connectivity index (χ1n) is 7.09. The second-order valence-electron chi connectivity index (χ2n) is 5.22. The summed E-state index contributed by atoms with van der Waals surface area (Å²) in [6, 6.07) is 9.57. The van der Waals surface area contributed by atoms with Gasteiger partial charge in [-0.15, -0.1) is 13.2 Å². The molecule has 0 amide bonds. The highest BCUT2D eigenvalue weighted by atomic mass is 19.4. The average molecular weight is 331 g/mol. The molecule has 122 valence electrons. The third-order valence-corrected chi connectivity index (χ3v) is 3.60. The maximum absolute atomic E-state index is 12.2. The molecule has 24 heavy (non-hydrogen) atoms. The largest absolute Gasteiger partial charge is 0.573 e. The van der Waals surface area contributed by atoms with Gasteiger partial charge in [0.25, 0.3) is 0 Å². The van der Waals surface area contributed by atoms with Crippen LogP contribution in [0.25, 0.3) is 11.1 Å². The van der Waals surface area contributed by atoms with E-state index in [1.165, 1.54) is 12.1 Å². The molecule has 1 aliphatic rings. The first-order valence-corrected chi connectivity index (χ1v) is 7.09. The molecule has 0 spiro atoms. The van der Waals surface area contributed by atoms with Crippen LogP contribution in [0.4, 0.5) is 24.5 Å². The maximum atomic E-state index is 12.2. The van der Waals surface area contributed by atoms with E-state index in [2.05, 4.69) is 21.1 Å². The van der Waals surface area contributed by atoms with Gasteiger partial charge in [0.05, 0.1) is 17.8 Å². The van der Waals surface area contributed by atoms with E-state index in [0.717, 1.165) is 11.1 Å². The number of nitrogens with one attached hydrogen (secondary N) is 1. The zero-order valence-electron chi connectivity index (χ0n) is 12.6. The maximum Gasteiger partial charge on any atom is 0.573 e. The minimum absolute atomic E-state index is 0.281. The zero-order chi connectivity index (χ0) is 17.3. The molecule has 1 N–H and O–H groups in total. The Hall–Kier alpha value is -3.01. The molecule has 0 bridgehead atoms. The minimum Gasteiger partial charge on any atom is -0.406 e. The predicted molar refractivity (Wildman–Crippen MR) is 84.7 cm³/mol. The van der Waals surface area contributed by atoms with Gasteiger partial charge in [0.1, 0.15) is 17.5 Å². The Bertz CT molecular complexity index is 849. The smallest absolute Gasteiger partial charge is 0.406 e. The molecule has 0 radical (unpaired) electrons. The van der Waals surface area contributed by atoms with Crippen LogP contribution in [0.1, 0.15) is 11.1 Å². The molecule has 2 aromatic carbocycles. The van der Waals surface area contributed by atoms with E-state index in [1.54, 1.807) is 25.3 Å². The predicted octanol–water partition coefficient (Wildman–Crippen LogP) is 4.56. The van der Waals surface area contributed by atoms with E-state index >= 15 is 0 Å². The Morgan fingerprint density at radius 1 is 1.25 bits per heavy atom. The van der Waals surface area contributed by atoms with Gasteiger partial charge in [0, 0.05) is 11.8 Å². The van der Waals surface area contributed by atoms with Crippen LogP contribution in [-0.4, -0.2) is 19.1 Å². The molecule has 0 saturated heterocycles. The number of hydrogen-bond acceptors (Lipinski definition) is 4. The van der Waals surface area contributed by atoms with Crippen molar-refractivity contribution in [2.24, 2.45) is 4.99 Å². The SMILES string of the molecule is Cc1cc(-c2ccc(OC(F)(F)F)cc2)c2c(c1C#N)N=CCN2. The van der Waals surface area contributed by atoms with Crippen molar-refractivity contribution in [2.75, 3.05) is 11.9 Å². The normalized spacial score (nSPS) is 13.0. The average Bonchev–Trinajstić information content (AvgIpc) is 2.53. The van der Waals surface area contributed by atoms with Gasteiger partial charge in [-0.3, -0.25) is 4.99 Å². The van der Waals surface area contributed by atoms with Crippen LogP contribution < -0.4 is 10.1 Å². The lowest BCUT2D eigenvalue weighted by Crippen LogP contribution is -2.16. The van der Waals surface area contributed by atoms with Crippen LogP contribution in [0.2, 0.25) is 0 Å². The topological polar surface area (TPSA) is 57.4 Å². The molecule has 0 aliphatic carbocycles. The monoisotopic (exact) mass is 331 g/mol. The number of nitriles is 1. The third kappa shape index (κ3) is 3.04. The summed E-state index contributed by atoms with van der Waals surface area (Å²) >= 11 is 0. The summed E-state index contributed by atoms with van der Waals surface area (Å²) < 4.78 is 40.6. The number of rotatable bonds is 2.